The maximum atomic E-state index is 6.14. The van der Waals surface area contributed by atoms with Gasteiger partial charge in [-0.05, 0) is 44.9 Å². The van der Waals surface area contributed by atoms with E-state index in [1.807, 2.05) is 0 Å². The summed E-state index contributed by atoms with van der Waals surface area (Å²) in [4.78, 5) is 2.35. The molecule has 1 atom stereocenters. The summed E-state index contributed by atoms with van der Waals surface area (Å²) in [5, 5.41) is 0. The molecule has 0 aromatic heterocycles. The van der Waals surface area contributed by atoms with E-state index in [4.69, 9.17) is 10.5 Å². The molecule has 1 aromatic rings. The summed E-state index contributed by atoms with van der Waals surface area (Å²) in [6, 6.07) is 8.61. The van der Waals surface area contributed by atoms with Crippen molar-refractivity contribution in [3.63, 3.8) is 0 Å². The fraction of sp³-hybridized carbons (Fsp3) is 0.625. The number of nitrogens with zero attached hydrogens (tertiary/aromatic N) is 1. The number of hydrogen-bond donors (Lipinski definition) is 1. The molecule has 0 radical (unpaired) electrons. The zero-order valence-corrected chi connectivity index (χ0v) is 12.6. The Morgan fingerprint density at radius 3 is 2.68 bits per heavy atom. The minimum atomic E-state index is -0.101. The van der Waals surface area contributed by atoms with Crippen molar-refractivity contribution >= 4 is 5.69 Å². The van der Waals surface area contributed by atoms with Gasteiger partial charge in [0, 0.05) is 32.3 Å². The Balaban J connectivity index is 2.30. The van der Waals surface area contributed by atoms with Crippen LogP contribution in [0.2, 0.25) is 0 Å². The van der Waals surface area contributed by atoms with E-state index >= 15 is 0 Å². The lowest BCUT2D eigenvalue weighted by atomic mass is 9.79. The molecule has 1 heterocycles. The molecular formula is C16H26N2O. The molecule has 1 fully saturated rings. The molecule has 2 rings (SSSR count). The van der Waals surface area contributed by atoms with E-state index in [0.29, 0.717) is 6.54 Å². The second kappa shape index (κ2) is 5.14. The van der Waals surface area contributed by atoms with Crippen molar-refractivity contribution in [1.82, 2.24) is 0 Å². The highest BCUT2D eigenvalue weighted by atomic mass is 16.5. The van der Waals surface area contributed by atoms with E-state index < -0.39 is 0 Å². The number of hydrogen-bond acceptors (Lipinski definition) is 3. The third kappa shape index (κ3) is 2.93. The second-order valence-electron chi connectivity index (χ2n) is 6.36. The number of aryl methyl sites for hydroxylation is 1. The maximum Gasteiger partial charge on any atom is 0.0649 e. The average Bonchev–Trinajstić information content (AvgIpc) is 2.36. The van der Waals surface area contributed by atoms with Crippen LogP contribution in [0.3, 0.4) is 0 Å². The van der Waals surface area contributed by atoms with Crippen LogP contribution >= 0.6 is 0 Å². The van der Waals surface area contributed by atoms with Crippen molar-refractivity contribution in [3.05, 3.63) is 29.8 Å². The monoisotopic (exact) mass is 262 g/mol. The van der Waals surface area contributed by atoms with Gasteiger partial charge in [0.1, 0.15) is 0 Å². The Labute approximate surface area is 116 Å². The van der Waals surface area contributed by atoms with Gasteiger partial charge in [0.2, 0.25) is 0 Å². The van der Waals surface area contributed by atoms with E-state index in [1.165, 1.54) is 11.3 Å². The van der Waals surface area contributed by atoms with E-state index in [9.17, 15) is 0 Å². The summed E-state index contributed by atoms with van der Waals surface area (Å²) in [5.74, 6) is 0. The highest BCUT2D eigenvalue weighted by Gasteiger charge is 2.42. The molecule has 19 heavy (non-hydrogen) atoms. The molecule has 1 aromatic carbocycles. The molecule has 0 aliphatic carbocycles. The molecule has 1 saturated heterocycles. The highest BCUT2D eigenvalue weighted by molar-refractivity contribution is 5.50. The Bertz CT molecular complexity index is 444. The van der Waals surface area contributed by atoms with Gasteiger partial charge in [0.25, 0.3) is 0 Å². The first-order chi connectivity index (χ1) is 8.88. The molecule has 2 N–H and O–H groups in total. The van der Waals surface area contributed by atoms with Crippen molar-refractivity contribution in [2.75, 3.05) is 25.1 Å². The summed E-state index contributed by atoms with van der Waals surface area (Å²) in [6.45, 7) is 7.87. The van der Waals surface area contributed by atoms with Crippen LogP contribution in [-0.2, 0) is 4.74 Å². The molecule has 1 aliphatic rings. The van der Waals surface area contributed by atoms with Gasteiger partial charge >= 0.3 is 0 Å². The number of likely N-dealkylation sites (N-methyl/N-ethyl adjacent to an activating group) is 1. The molecule has 106 valence electrons. The van der Waals surface area contributed by atoms with Crippen molar-refractivity contribution in [2.24, 2.45) is 5.73 Å². The maximum absolute atomic E-state index is 6.14. The van der Waals surface area contributed by atoms with Crippen LogP contribution in [0.1, 0.15) is 32.3 Å². The Hall–Kier alpha value is -1.06. The zero-order valence-electron chi connectivity index (χ0n) is 12.6. The van der Waals surface area contributed by atoms with Crippen LogP contribution in [0, 0.1) is 6.92 Å². The van der Waals surface area contributed by atoms with E-state index in [2.05, 4.69) is 57.0 Å². The summed E-state index contributed by atoms with van der Waals surface area (Å²) >= 11 is 0. The molecule has 1 aliphatic heterocycles. The molecule has 0 bridgehead atoms. The van der Waals surface area contributed by atoms with Gasteiger partial charge in [-0.3, -0.25) is 0 Å². The Morgan fingerprint density at radius 1 is 1.37 bits per heavy atom. The average molecular weight is 262 g/mol. The second-order valence-corrected chi connectivity index (χ2v) is 6.36. The summed E-state index contributed by atoms with van der Waals surface area (Å²) in [7, 11) is 2.16. The largest absolute Gasteiger partial charge is 0.375 e. The van der Waals surface area contributed by atoms with Gasteiger partial charge in [-0.2, -0.15) is 0 Å². The predicted molar refractivity (Wildman–Crippen MR) is 80.6 cm³/mol. The standard InChI is InChI=1S/C16H26N2O/c1-13-6-5-7-14(10-13)18(4)16(12-17)8-9-19-15(2,3)11-16/h5-7,10H,8-9,11-12,17H2,1-4H3. The van der Waals surface area contributed by atoms with E-state index in [-0.39, 0.29) is 11.1 Å². The highest BCUT2D eigenvalue weighted by Crippen LogP contribution is 2.37. The van der Waals surface area contributed by atoms with Crippen LogP contribution in [0.25, 0.3) is 0 Å². The van der Waals surface area contributed by atoms with Gasteiger partial charge in [0.05, 0.1) is 11.1 Å². The first kappa shape index (κ1) is 14.4. The van der Waals surface area contributed by atoms with Crippen LogP contribution < -0.4 is 10.6 Å². The minimum Gasteiger partial charge on any atom is -0.375 e. The van der Waals surface area contributed by atoms with Crippen molar-refractivity contribution < 1.29 is 4.74 Å². The van der Waals surface area contributed by atoms with Crippen LogP contribution in [0.4, 0.5) is 5.69 Å². The van der Waals surface area contributed by atoms with Crippen LogP contribution in [0.5, 0.6) is 0 Å². The number of nitrogens with two attached hydrogens (primary N) is 1. The Morgan fingerprint density at radius 2 is 2.11 bits per heavy atom. The molecule has 3 heteroatoms. The van der Waals surface area contributed by atoms with E-state index in [1.54, 1.807) is 0 Å². The molecule has 0 amide bonds. The SMILES string of the molecule is Cc1cccc(N(C)C2(CN)CCOC(C)(C)C2)c1. The third-order valence-electron chi connectivity index (χ3n) is 4.30. The molecule has 0 saturated carbocycles. The van der Waals surface area contributed by atoms with Gasteiger partial charge in [-0.25, -0.2) is 0 Å². The lowest BCUT2D eigenvalue weighted by Gasteiger charge is -2.50. The minimum absolute atomic E-state index is 0.00442. The van der Waals surface area contributed by atoms with Crippen molar-refractivity contribution in [2.45, 2.75) is 44.8 Å². The fourth-order valence-electron chi connectivity index (χ4n) is 3.16. The lowest BCUT2D eigenvalue weighted by Crippen LogP contribution is -2.59. The smallest absolute Gasteiger partial charge is 0.0649 e. The zero-order chi connectivity index (χ0) is 14.1. The van der Waals surface area contributed by atoms with Crippen molar-refractivity contribution in [1.29, 1.82) is 0 Å². The molecular weight excluding hydrogens is 236 g/mol. The van der Waals surface area contributed by atoms with Gasteiger partial charge in [-0.15, -0.1) is 0 Å². The van der Waals surface area contributed by atoms with Gasteiger partial charge in [0.15, 0.2) is 0 Å². The summed E-state index contributed by atoms with van der Waals surface area (Å²) in [5.41, 5.74) is 8.55. The first-order valence-corrected chi connectivity index (χ1v) is 7.03. The molecule has 1 unspecified atom stereocenters. The first-order valence-electron chi connectivity index (χ1n) is 7.03. The Kier molecular flexibility index (Phi) is 3.88. The summed E-state index contributed by atoms with van der Waals surface area (Å²) in [6.07, 6.45) is 1.94. The number of ether oxygens (including phenoxy) is 1. The fourth-order valence-corrected chi connectivity index (χ4v) is 3.16. The quantitative estimate of drug-likeness (QED) is 0.910. The van der Waals surface area contributed by atoms with Crippen LogP contribution in [-0.4, -0.2) is 31.3 Å². The third-order valence-corrected chi connectivity index (χ3v) is 4.30. The topological polar surface area (TPSA) is 38.5 Å². The number of anilines is 1. The molecule has 0 spiro atoms. The number of benzene rings is 1. The van der Waals surface area contributed by atoms with E-state index in [0.717, 1.165) is 19.4 Å². The van der Waals surface area contributed by atoms with Gasteiger partial charge < -0.3 is 15.4 Å². The lowest BCUT2D eigenvalue weighted by molar-refractivity contribution is -0.0786. The normalized spacial score (nSPS) is 26.2. The van der Waals surface area contributed by atoms with Crippen LogP contribution in [0.15, 0.2) is 24.3 Å². The van der Waals surface area contributed by atoms with Gasteiger partial charge in [-0.1, -0.05) is 12.1 Å². The summed E-state index contributed by atoms with van der Waals surface area (Å²) < 4.78 is 5.85. The van der Waals surface area contributed by atoms with Crippen molar-refractivity contribution in [3.8, 4) is 0 Å². The number of rotatable bonds is 3. The predicted octanol–water partition coefficient (Wildman–Crippen LogP) is 2.72. The molecule has 3 nitrogen and oxygen atoms in total.